The molecular formula is C15H18ClN3O. The number of rotatable bonds is 3. The minimum atomic E-state index is -0.149. The van der Waals surface area contributed by atoms with E-state index in [0.29, 0.717) is 16.4 Å². The molecule has 2 rings (SSSR count). The first-order valence-electron chi connectivity index (χ1n) is 6.49. The fraction of sp³-hybridized carbons (Fsp3) is 0.333. The lowest BCUT2D eigenvalue weighted by molar-refractivity contribution is 0.813. The van der Waals surface area contributed by atoms with Crippen LogP contribution in [0.1, 0.15) is 35.6 Å². The standard InChI is InChI=1S/C15H18ClN3O/c1-8-12(16)6-5-7-13(8)18-10(3)14-9(2)17-11(4)19-15(14)20/h5-7,10,18H,1-4H3,(H,17,19,20). The Morgan fingerprint density at radius 1 is 1.30 bits per heavy atom. The van der Waals surface area contributed by atoms with Gasteiger partial charge < -0.3 is 10.3 Å². The van der Waals surface area contributed by atoms with E-state index in [0.717, 1.165) is 16.9 Å². The third-order valence-electron chi connectivity index (χ3n) is 3.34. The number of halogens is 1. The van der Waals surface area contributed by atoms with Crippen molar-refractivity contribution in [3.8, 4) is 0 Å². The van der Waals surface area contributed by atoms with E-state index in [9.17, 15) is 4.79 Å². The molecule has 2 aromatic rings. The molecule has 1 aromatic heterocycles. The molecule has 1 aromatic carbocycles. The van der Waals surface area contributed by atoms with E-state index in [-0.39, 0.29) is 11.6 Å². The van der Waals surface area contributed by atoms with Crippen molar-refractivity contribution in [2.24, 2.45) is 0 Å². The van der Waals surface area contributed by atoms with Gasteiger partial charge in [-0.3, -0.25) is 4.79 Å². The van der Waals surface area contributed by atoms with Gasteiger partial charge in [0, 0.05) is 10.7 Å². The molecule has 0 amide bonds. The Morgan fingerprint density at radius 2 is 2.00 bits per heavy atom. The molecule has 0 aliphatic heterocycles. The first kappa shape index (κ1) is 14.6. The number of nitrogens with zero attached hydrogens (tertiary/aromatic N) is 1. The van der Waals surface area contributed by atoms with Crippen LogP contribution in [0.2, 0.25) is 5.02 Å². The van der Waals surface area contributed by atoms with E-state index in [1.807, 2.05) is 39.0 Å². The first-order chi connectivity index (χ1) is 9.40. The van der Waals surface area contributed by atoms with Crippen LogP contribution in [0.15, 0.2) is 23.0 Å². The minimum Gasteiger partial charge on any atom is -0.378 e. The number of hydrogen-bond acceptors (Lipinski definition) is 3. The van der Waals surface area contributed by atoms with Crippen molar-refractivity contribution in [1.29, 1.82) is 0 Å². The number of benzene rings is 1. The number of aromatic nitrogens is 2. The van der Waals surface area contributed by atoms with Crippen molar-refractivity contribution < 1.29 is 0 Å². The van der Waals surface area contributed by atoms with Crippen LogP contribution in [0, 0.1) is 20.8 Å². The highest BCUT2D eigenvalue weighted by molar-refractivity contribution is 6.31. The van der Waals surface area contributed by atoms with Gasteiger partial charge in [0.15, 0.2) is 0 Å². The van der Waals surface area contributed by atoms with Gasteiger partial charge >= 0.3 is 0 Å². The molecule has 0 bridgehead atoms. The van der Waals surface area contributed by atoms with Gasteiger partial charge in [0.1, 0.15) is 5.82 Å². The lowest BCUT2D eigenvalue weighted by Gasteiger charge is -2.18. The Kier molecular flexibility index (Phi) is 4.14. The quantitative estimate of drug-likeness (QED) is 0.909. The largest absolute Gasteiger partial charge is 0.378 e. The summed E-state index contributed by atoms with van der Waals surface area (Å²) < 4.78 is 0. The molecule has 2 N–H and O–H groups in total. The summed E-state index contributed by atoms with van der Waals surface area (Å²) in [6.45, 7) is 7.51. The van der Waals surface area contributed by atoms with Gasteiger partial charge in [0.05, 0.1) is 17.3 Å². The molecule has 1 heterocycles. The highest BCUT2D eigenvalue weighted by Crippen LogP contribution is 2.26. The van der Waals surface area contributed by atoms with Crippen molar-refractivity contribution in [2.45, 2.75) is 33.7 Å². The molecule has 0 saturated heterocycles. The van der Waals surface area contributed by atoms with E-state index >= 15 is 0 Å². The van der Waals surface area contributed by atoms with Gasteiger partial charge in [-0.1, -0.05) is 17.7 Å². The molecule has 106 valence electrons. The summed E-state index contributed by atoms with van der Waals surface area (Å²) in [5.41, 5.74) is 3.18. The maximum Gasteiger partial charge on any atom is 0.256 e. The molecule has 0 aliphatic rings. The first-order valence-corrected chi connectivity index (χ1v) is 6.87. The lowest BCUT2D eigenvalue weighted by Crippen LogP contribution is -2.23. The molecule has 0 radical (unpaired) electrons. The van der Waals surface area contributed by atoms with E-state index < -0.39 is 0 Å². The summed E-state index contributed by atoms with van der Waals surface area (Å²) in [4.78, 5) is 19.1. The SMILES string of the molecule is Cc1nc(C)c(C(C)Nc2cccc(Cl)c2C)c(=O)[nH]1. The molecule has 20 heavy (non-hydrogen) atoms. The number of aromatic amines is 1. The topological polar surface area (TPSA) is 57.8 Å². The molecule has 0 fully saturated rings. The van der Waals surface area contributed by atoms with Gasteiger partial charge in [0.25, 0.3) is 5.56 Å². The van der Waals surface area contributed by atoms with Gasteiger partial charge in [-0.05, 0) is 45.4 Å². The van der Waals surface area contributed by atoms with Gasteiger partial charge in [-0.15, -0.1) is 0 Å². The fourth-order valence-electron chi connectivity index (χ4n) is 2.31. The predicted octanol–water partition coefficient (Wildman–Crippen LogP) is 3.52. The summed E-state index contributed by atoms with van der Waals surface area (Å²) in [5.74, 6) is 0.627. The third-order valence-corrected chi connectivity index (χ3v) is 3.75. The van der Waals surface area contributed by atoms with E-state index in [1.54, 1.807) is 6.92 Å². The zero-order chi connectivity index (χ0) is 14.9. The zero-order valence-electron chi connectivity index (χ0n) is 12.0. The summed E-state index contributed by atoms with van der Waals surface area (Å²) in [5, 5.41) is 4.03. The van der Waals surface area contributed by atoms with Gasteiger partial charge in [-0.2, -0.15) is 0 Å². The Labute approximate surface area is 123 Å². The maximum absolute atomic E-state index is 12.1. The van der Waals surface area contributed by atoms with Crippen molar-refractivity contribution in [1.82, 2.24) is 9.97 Å². The average molecular weight is 292 g/mol. The van der Waals surface area contributed by atoms with E-state index in [4.69, 9.17) is 11.6 Å². The van der Waals surface area contributed by atoms with Gasteiger partial charge in [-0.25, -0.2) is 4.98 Å². The van der Waals surface area contributed by atoms with E-state index in [2.05, 4.69) is 15.3 Å². The molecule has 4 nitrogen and oxygen atoms in total. The van der Waals surface area contributed by atoms with Crippen LogP contribution >= 0.6 is 11.6 Å². The molecule has 0 spiro atoms. The second kappa shape index (κ2) is 5.67. The average Bonchev–Trinajstić information content (AvgIpc) is 2.33. The Hall–Kier alpha value is -1.81. The number of H-pyrrole nitrogens is 1. The fourth-order valence-corrected chi connectivity index (χ4v) is 2.49. The van der Waals surface area contributed by atoms with Crippen LogP contribution in [0.25, 0.3) is 0 Å². The van der Waals surface area contributed by atoms with Crippen LogP contribution in [-0.2, 0) is 0 Å². The zero-order valence-corrected chi connectivity index (χ0v) is 12.8. The van der Waals surface area contributed by atoms with Crippen LogP contribution in [0.4, 0.5) is 5.69 Å². The van der Waals surface area contributed by atoms with Crippen LogP contribution in [0.5, 0.6) is 0 Å². The highest BCUT2D eigenvalue weighted by atomic mass is 35.5. The Morgan fingerprint density at radius 3 is 2.65 bits per heavy atom. The number of anilines is 1. The normalized spacial score (nSPS) is 12.2. The van der Waals surface area contributed by atoms with Crippen molar-refractivity contribution in [3.05, 3.63) is 56.2 Å². The number of hydrogen-bond donors (Lipinski definition) is 2. The summed E-state index contributed by atoms with van der Waals surface area (Å²) in [6.07, 6.45) is 0. The lowest BCUT2D eigenvalue weighted by atomic mass is 10.1. The second-order valence-corrected chi connectivity index (χ2v) is 5.34. The predicted molar refractivity (Wildman–Crippen MR) is 82.6 cm³/mol. The molecule has 5 heteroatoms. The number of nitrogens with one attached hydrogen (secondary N) is 2. The van der Waals surface area contributed by atoms with E-state index in [1.165, 1.54) is 0 Å². The molecule has 0 aliphatic carbocycles. The summed E-state index contributed by atoms with van der Waals surface area (Å²) >= 11 is 6.11. The van der Waals surface area contributed by atoms with Gasteiger partial charge in [0.2, 0.25) is 0 Å². The Bertz CT molecular complexity index is 694. The van der Waals surface area contributed by atoms with Crippen molar-refractivity contribution in [2.75, 3.05) is 5.32 Å². The highest BCUT2D eigenvalue weighted by Gasteiger charge is 2.15. The molecule has 1 unspecified atom stereocenters. The van der Waals surface area contributed by atoms with Crippen molar-refractivity contribution >= 4 is 17.3 Å². The van der Waals surface area contributed by atoms with Crippen LogP contribution in [-0.4, -0.2) is 9.97 Å². The smallest absolute Gasteiger partial charge is 0.256 e. The monoisotopic (exact) mass is 291 g/mol. The number of aryl methyl sites for hydroxylation is 2. The molecular weight excluding hydrogens is 274 g/mol. The second-order valence-electron chi connectivity index (χ2n) is 4.93. The minimum absolute atomic E-state index is 0.102. The summed E-state index contributed by atoms with van der Waals surface area (Å²) in [6, 6.07) is 5.53. The molecule has 1 atom stereocenters. The van der Waals surface area contributed by atoms with Crippen molar-refractivity contribution in [3.63, 3.8) is 0 Å². The Balaban J connectivity index is 2.36. The summed E-state index contributed by atoms with van der Waals surface area (Å²) in [7, 11) is 0. The van der Waals surface area contributed by atoms with Crippen LogP contribution < -0.4 is 10.9 Å². The third kappa shape index (κ3) is 2.85. The molecule has 0 saturated carbocycles. The van der Waals surface area contributed by atoms with Crippen LogP contribution in [0.3, 0.4) is 0 Å². The maximum atomic E-state index is 12.1.